The summed E-state index contributed by atoms with van der Waals surface area (Å²) in [5.41, 5.74) is 0. The molecule has 1 heterocycles. The van der Waals surface area contributed by atoms with Crippen molar-refractivity contribution in [2.45, 2.75) is 31.1 Å². The lowest BCUT2D eigenvalue weighted by Gasteiger charge is -2.21. The smallest absolute Gasteiger partial charge is 0.243 e. The lowest BCUT2D eigenvalue weighted by atomic mass is 10.3. The van der Waals surface area contributed by atoms with E-state index in [1.807, 2.05) is 6.92 Å². The molecule has 1 aromatic carbocycles. The van der Waals surface area contributed by atoms with Gasteiger partial charge in [0.15, 0.2) is 0 Å². The highest BCUT2D eigenvalue weighted by atomic mass is 32.2. The molecule has 6 heteroatoms. The Hall–Kier alpha value is -1.11. The van der Waals surface area contributed by atoms with Gasteiger partial charge in [-0.2, -0.15) is 4.31 Å². The molecule has 0 atom stereocenters. The molecule has 1 saturated heterocycles. The third kappa shape index (κ3) is 4.25. The molecule has 0 radical (unpaired) electrons. The molecule has 1 saturated carbocycles. The van der Waals surface area contributed by atoms with Gasteiger partial charge in [0.1, 0.15) is 5.75 Å². The first-order chi connectivity index (χ1) is 11.1. The number of sulfonamides is 1. The van der Waals surface area contributed by atoms with E-state index < -0.39 is 10.0 Å². The monoisotopic (exact) mass is 338 g/mol. The molecule has 1 aliphatic heterocycles. The fourth-order valence-corrected chi connectivity index (χ4v) is 4.53. The maximum Gasteiger partial charge on any atom is 0.243 e. The highest BCUT2D eigenvalue weighted by Crippen LogP contribution is 2.30. The van der Waals surface area contributed by atoms with E-state index in [4.69, 9.17) is 4.74 Å². The summed E-state index contributed by atoms with van der Waals surface area (Å²) >= 11 is 0. The molecule has 2 aliphatic rings. The normalized spacial score (nSPS) is 21.1. The fourth-order valence-electron chi connectivity index (χ4n) is 3.06. The standard InChI is InChI=1S/C17H26N2O3S/c1-2-22-16-6-8-17(9-7-16)23(20,21)19-11-3-10-18(12-13-19)14-15-4-5-15/h6-9,15H,2-5,10-14H2,1H3. The van der Waals surface area contributed by atoms with Crippen LogP contribution in [0.1, 0.15) is 26.2 Å². The minimum atomic E-state index is -3.40. The highest BCUT2D eigenvalue weighted by Gasteiger charge is 2.29. The Morgan fingerprint density at radius 1 is 1.09 bits per heavy atom. The summed E-state index contributed by atoms with van der Waals surface area (Å²) in [4.78, 5) is 2.78. The zero-order valence-electron chi connectivity index (χ0n) is 13.8. The lowest BCUT2D eigenvalue weighted by Crippen LogP contribution is -2.35. The van der Waals surface area contributed by atoms with E-state index in [2.05, 4.69) is 4.90 Å². The molecule has 0 bridgehead atoms. The molecule has 1 aromatic rings. The summed E-state index contributed by atoms with van der Waals surface area (Å²) in [6.07, 6.45) is 3.58. The molecule has 0 unspecified atom stereocenters. The summed E-state index contributed by atoms with van der Waals surface area (Å²) in [6, 6.07) is 6.75. The van der Waals surface area contributed by atoms with Gasteiger partial charge in [-0.25, -0.2) is 8.42 Å². The molecule has 2 fully saturated rings. The molecule has 3 rings (SSSR count). The quantitative estimate of drug-likeness (QED) is 0.798. The van der Waals surface area contributed by atoms with Crippen molar-refractivity contribution in [2.24, 2.45) is 5.92 Å². The number of rotatable bonds is 6. The fraction of sp³-hybridized carbons (Fsp3) is 0.647. The van der Waals surface area contributed by atoms with Crippen LogP contribution in [0.3, 0.4) is 0 Å². The maximum absolute atomic E-state index is 12.8. The SMILES string of the molecule is CCOc1ccc(S(=O)(=O)N2CCCN(CC3CC3)CC2)cc1. The Bertz CT molecular complexity index is 611. The van der Waals surface area contributed by atoms with Gasteiger partial charge in [0.05, 0.1) is 11.5 Å². The number of hydrogen-bond donors (Lipinski definition) is 0. The van der Waals surface area contributed by atoms with Crippen molar-refractivity contribution in [2.75, 3.05) is 39.3 Å². The van der Waals surface area contributed by atoms with Gasteiger partial charge < -0.3 is 9.64 Å². The Labute approximate surface area is 139 Å². The third-order valence-corrected chi connectivity index (χ3v) is 6.45. The first-order valence-electron chi connectivity index (χ1n) is 8.55. The van der Waals surface area contributed by atoms with Gasteiger partial charge in [-0.05, 0) is 62.9 Å². The van der Waals surface area contributed by atoms with Gasteiger partial charge in [0.25, 0.3) is 0 Å². The predicted molar refractivity (Wildman–Crippen MR) is 90.2 cm³/mol. The molecule has 0 aromatic heterocycles. The average molecular weight is 338 g/mol. The molecule has 5 nitrogen and oxygen atoms in total. The summed E-state index contributed by atoms with van der Waals surface area (Å²) in [5, 5.41) is 0. The van der Waals surface area contributed by atoms with E-state index in [-0.39, 0.29) is 0 Å². The molecule has 0 amide bonds. The predicted octanol–water partition coefficient (Wildman–Crippen LogP) is 2.19. The minimum Gasteiger partial charge on any atom is -0.494 e. The Morgan fingerprint density at radius 2 is 1.83 bits per heavy atom. The Morgan fingerprint density at radius 3 is 2.48 bits per heavy atom. The number of nitrogens with zero attached hydrogens (tertiary/aromatic N) is 2. The van der Waals surface area contributed by atoms with Gasteiger partial charge in [-0.3, -0.25) is 0 Å². The van der Waals surface area contributed by atoms with Crippen molar-refractivity contribution in [1.82, 2.24) is 9.21 Å². The third-order valence-electron chi connectivity index (χ3n) is 4.53. The van der Waals surface area contributed by atoms with Crippen molar-refractivity contribution in [3.05, 3.63) is 24.3 Å². The molecule has 1 aliphatic carbocycles. The average Bonchev–Trinajstić information content (AvgIpc) is 3.36. The van der Waals surface area contributed by atoms with E-state index in [0.717, 1.165) is 32.0 Å². The van der Waals surface area contributed by atoms with Crippen molar-refractivity contribution in [1.29, 1.82) is 0 Å². The topological polar surface area (TPSA) is 49.9 Å². The number of ether oxygens (including phenoxy) is 1. The molecule has 23 heavy (non-hydrogen) atoms. The van der Waals surface area contributed by atoms with E-state index >= 15 is 0 Å². The van der Waals surface area contributed by atoms with E-state index in [0.29, 0.717) is 30.3 Å². The van der Waals surface area contributed by atoms with E-state index in [9.17, 15) is 8.42 Å². The summed E-state index contributed by atoms with van der Waals surface area (Å²) in [6.45, 7) is 6.67. The van der Waals surface area contributed by atoms with Crippen LogP contribution >= 0.6 is 0 Å². The molecule has 0 spiro atoms. The Balaban J connectivity index is 1.66. The second-order valence-electron chi connectivity index (χ2n) is 6.41. The van der Waals surface area contributed by atoms with Crippen LogP contribution in [-0.2, 0) is 10.0 Å². The van der Waals surface area contributed by atoms with Crippen molar-refractivity contribution >= 4 is 10.0 Å². The van der Waals surface area contributed by atoms with Gasteiger partial charge in [-0.15, -0.1) is 0 Å². The second kappa shape index (κ2) is 7.20. The van der Waals surface area contributed by atoms with Crippen LogP contribution in [0.25, 0.3) is 0 Å². The van der Waals surface area contributed by atoms with Crippen LogP contribution < -0.4 is 4.74 Å². The minimum absolute atomic E-state index is 0.358. The van der Waals surface area contributed by atoms with Crippen molar-refractivity contribution in [3.63, 3.8) is 0 Å². The van der Waals surface area contributed by atoms with Gasteiger partial charge in [0.2, 0.25) is 10.0 Å². The maximum atomic E-state index is 12.8. The van der Waals surface area contributed by atoms with Crippen molar-refractivity contribution in [3.8, 4) is 5.75 Å². The van der Waals surface area contributed by atoms with Crippen LogP contribution in [-0.4, -0.2) is 57.0 Å². The first kappa shape index (κ1) is 16.7. The largest absolute Gasteiger partial charge is 0.494 e. The lowest BCUT2D eigenvalue weighted by molar-refractivity contribution is 0.275. The zero-order chi connectivity index (χ0) is 16.3. The van der Waals surface area contributed by atoms with Gasteiger partial charge >= 0.3 is 0 Å². The highest BCUT2D eigenvalue weighted by molar-refractivity contribution is 7.89. The van der Waals surface area contributed by atoms with E-state index in [1.165, 1.54) is 12.8 Å². The summed E-state index contributed by atoms with van der Waals surface area (Å²) < 4.78 is 32.6. The molecular weight excluding hydrogens is 312 g/mol. The molecule has 0 N–H and O–H groups in total. The van der Waals surface area contributed by atoms with Crippen molar-refractivity contribution < 1.29 is 13.2 Å². The molecular formula is C17H26N2O3S. The van der Waals surface area contributed by atoms with Gasteiger partial charge in [-0.1, -0.05) is 0 Å². The van der Waals surface area contributed by atoms with Crippen LogP contribution in [0.5, 0.6) is 5.75 Å². The number of hydrogen-bond acceptors (Lipinski definition) is 4. The van der Waals surface area contributed by atoms with Crippen LogP contribution in [0.4, 0.5) is 0 Å². The number of benzene rings is 1. The Kier molecular flexibility index (Phi) is 5.24. The zero-order valence-corrected chi connectivity index (χ0v) is 14.6. The van der Waals surface area contributed by atoms with Crippen LogP contribution in [0.15, 0.2) is 29.2 Å². The van der Waals surface area contributed by atoms with Gasteiger partial charge in [0, 0.05) is 26.2 Å². The first-order valence-corrected chi connectivity index (χ1v) is 9.99. The summed E-state index contributed by atoms with van der Waals surface area (Å²) in [7, 11) is -3.40. The van der Waals surface area contributed by atoms with Crippen LogP contribution in [0.2, 0.25) is 0 Å². The van der Waals surface area contributed by atoms with Crippen LogP contribution in [0, 0.1) is 5.92 Å². The van der Waals surface area contributed by atoms with E-state index in [1.54, 1.807) is 28.6 Å². The second-order valence-corrected chi connectivity index (χ2v) is 8.34. The summed E-state index contributed by atoms with van der Waals surface area (Å²) in [5.74, 6) is 1.56. The molecule has 128 valence electrons.